The van der Waals surface area contributed by atoms with Crippen molar-refractivity contribution in [3.63, 3.8) is 0 Å². The lowest BCUT2D eigenvalue weighted by Crippen LogP contribution is -2.37. The Morgan fingerprint density at radius 3 is 1.91 bits per heavy atom. The van der Waals surface area contributed by atoms with Crippen molar-refractivity contribution in [3.8, 4) is 0 Å². The minimum Gasteiger partial charge on any atom is -0.268 e. The molecule has 0 spiro atoms. The molecule has 4 aromatic rings. The van der Waals surface area contributed by atoms with E-state index in [1.165, 1.54) is 12.1 Å². The minimum atomic E-state index is -4.12. The standard InChI is InChI=1S/C29H27NO3S/c1-2-23-18-21-26(22-19-23)30(34(32,33)27-14-7-4-8-15-27)29(31)28-16-10-9-13-25(28)20-17-24-11-5-3-6-12-24/h3-16,18-19,21-22H,2,17,20H2,1H3. The Morgan fingerprint density at radius 2 is 1.26 bits per heavy atom. The van der Waals surface area contributed by atoms with Gasteiger partial charge >= 0.3 is 0 Å². The number of carbonyl (C=O) groups excluding carboxylic acids is 1. The molecule has 1 amide bonds. The van der Waals surface area contributed by atoms with E-state index in [0.29, 0.717) is 17.7 Å². The Kier molecular flexibility index (Phi) is 7.24. The molecule has 34 heavy (non-hydrogen) atoms. The summed E-state index contributed by atoms with van der Waals surface area (Å²) in [5.41, 5.74) is 3.75. The molecule has 172 valence electrons. The molecule has 0 unspecified atom stereocenters. The Labute approximate surface area is 201 Å². The summed E-state index contributed by atoms with van der Waals surface area (Å²) < 4.78 is 28.3. The number of hydrogen-bond donors (Lipinski definition) is 0. The highest BCUT2D eigenvalue weighted by Gasteiger charge is 2.32. The molecule has 0 aliphatic carbocycles. The van der Waals surface area contributed by atoms with Crippen LogP contribution in [0, 0.1) is 0 Å². The van der Waals surface area contributed by atoms with Crippen LogP contribution >= 0.6 is 0 Å². The molecule has 4 nitrogen and oxygen atoms in total. The van der Waals surface area contributed by atoms with E-state index in [0.717, 1.165) is 33.8 Å². The van der Waals surface area contributed by atoms with E-state index in [9.17, 15) is 13.2 Å². The number of rotatable bonds is 8. The van der Waals surface area contributed by atoms with E-state index in [-0.39, 0.29) is 4.90 Å². The SMILES string of the molecule is CCc1ccc(N(C(=O)c2ccccc2CCc2ccccc2)S(=O)(=O)c2ccccc2)cc1. The minimum absolute atomic E-state index is 0.0738. The summed E-state index contributed by atoms with van der Waals surface area (Å²) in [5, 5.41) is 0. The smallest absolute Gasteiger partial charge is 0.268 e. The van der Waals surface area contributed by atoms with E-state index < -0.39 is 15.9 Å². The van der Waals surface area contributed by atoms with Crippen molar-refractivity contribution in [1.29, 1.82) is 0 Å². The summed E-state index contributed by atoms with van der Waals surface area (Å²) >= 11 is 0. The summed E-state index contributed by atoms with van der Waals surface area (Å²) in [6.07, 6.45) is 2.20. The van der Waals surface area contributed by atoms with Gasteiger partial charge in [0.05, 0.1) is 10.6 Å². The lowest BCUT2D eigenvalue weighted by molar-refractivity contribution is 0.100. The van der Waals surface area contributed by atoms with Crippen LogP contribution in [-0.2, 0) is 29.3 Å². The Balaban J connectivity index is 1.76. The average Bonchev–Trinajstić information content (AvgIpc) is 2.89. The molecule has 0 fully saturated rings. The van der Waals surface area contributed by atoms with Crippen LogP contribution in [0.15, 0.2) is 114 Å². The molecule has 0 aliphatic rings. The molecule has 0 heterocycles. The van der Waals surface area contributed by atoms with Gasteiger partial charge in [-0.25, -0.2) is 8.42 Å². The largest absolute Gasteiger partial charge is 0.272 e. The molecule has 0 bridgehead atoms. The number of aryl methyl sites for hydroxylation is 3. The van der Waals surface area contributed by atoms with Crippen LogP contribution in [0.4, 0.5) is 5.69 Å². The van der Waals surface area contributed by atoms with Gasteiger partial charge in [0.15, 0.2) is 0 Å². The zero-order chi connectivity index (χ0) is 24.0. The van der Waals surface area contributed by atoms with Gasteiger partial charge < -0.3 is 0 Å². The molecule has 0 N–H and O–H groups in total. The topological polar surface area (TPSA) is 54.5 Å². The van der Waals surface area contributed by atoms with Gasteiger partial charge in [0.25, 0.3) is 15.9 Å². The monoisotopic (exact) mass is 469 g/mol. The highest BCUT2D eigenvalue weighted by molar-refractivity contribution is 7.93. The third kappa shape index (κ3) is 5.10. The van der Waals surface area contributed by atoms with Crippen molar-refractivity contribution in [3.05, 3.63) is 131 Å². The van der Waals surface area contributed by atoms with E-state index in [1.54, 1.807) is 42.5 Å². The van der Waals surface area contributed by atoms with E-state index in [4.69, 9.17) is 0 Å². The first kappa shape index (κ1) is 23.5. The molecule has 4 rings (SSSR count). The van der Waals surface area contributed by atoms with Crippen molar-refractivity contribution in [2.45, 2.75) is 31.1 Å². The van der Waals surface area contributed by atoms with Crippen molar-refractivity contribution >= 4 is 21.6 Å². The van der Waals surface area contributed by atoms with Crippen LogP contribution in [-0.4, -0.2) is 14.3 Å². The van der Waals surface area contributed by atoms with E-state index >= 15 is 0 Å². The van der Waals surface area contributed by atoms with Crippen LogP contribution in [0.5, 0.6) is 0 Å². The molecule has 5 heteroatoms. The van der Waals surface area contributed by atoms with Gasteiger partial charge in [0.2, 0.25) is 0 Å². The van der Waals surface area contributed by atoms with Crippen LogP contribution in [0.3, 0.4) is 0 Å². The van der Waals surface area contributed by atoms with Crippen molar-refractivity contribution < 1.29 is 13.2 Å². The zero-order valence-electron chi connectivity index (χ0n) is 19.1. The average molecular weight is 470 g/mol. The predicted octanol–water partition coefficient (Wildman–Crippen LogP) is 6.07. The molecular weight excluding hydrogens is 442 g/mol. The number of benzene rings is 4. The Bertz CT molecular complexity index is 1350. The molecule has 0 aromatic heterocycles. The Hall–Kier alpha value is -3.70. The summed E-state index contributed by atoms with van der Waals surface area (Å²) in [6.45, 7) is 2.03. The van der Waals surface area contributed by atoms with Gasteiger partial charge in [-0.1, -0.05) is 85.8 Å². The maximum Gasteiger partial charge on any atom is 0.272 e. The van der Waals surface area contributed by atoms with Crippen molar-refractivity contribution in [2.75, 3.05) is 4.31 Å². The predicted molar refractivity (Wildman–Crippen MR) is 137 cm³/mol. The first-order chi connectivity index (χ1) is 16.5. The highest BCUT2D eigenvalue weighted by Crippen LogP contribution is 2.28. The fraction of sp³-hybridized carbons (Fsp3) is 0.138. The number of hydrogen-bond acceptors (Lipinski definition) is 3. The lowest BCUT2D eigenvalue weighted by Gasteiger charge is -2.24. The van der Waals surface area contributed by atoms with Crippen LogP contribution in [0.1, 0.15) is 34.0 Å². The van der Waals surface area contributed by atoms with Crippen LogP contribution in [0.2, 0.25) is 0 Å². The molecular formula is C29H27NO3S. The molecule has 0 radical (unpaired) electrons. The second-order valence-corrected chi connectivity index (χ2v) is 9.84. The van der Waals surface area contributed by atoms with Gasteiger partial charge in [0.1, 0.15) is 0 Å². The molecule has 0 atom stereocenters. The number of anilines is 1. The van der Waals surface area contributed by atoms with Crippen LogP contribution in [0.25, 0.3) is 0 Å². The summed E-state index contributed by atoms with van der Waals surface area (Å²) in [7, 11) is -4.12. The maximum absolute atomic E-state index is 13.9. The first-order valence-corrected chi connectivity index (χ1v) is 12.8. The van der Waals surface area contributed by atoms with Crippen molar-refractivity contribution in [1.82, 2.24) is 0 Å². The zero-order valence-corrected chi connectivity index (χ0v) is 19.9. The molecule has 4 aromatic carbocycles. The number of sulfonamides is 1. The third-order valence-electron chi connectivity index (χ3n) is 5.82. The molecule has 0 saturated heterocycles. The summed E-state index contributed by atoms with van der Waals surface area (Å²) in [5.74, 6) is -0.559. The second-order valence-electron chi connectivity index (χ2n) is 8.05. The second kappa shape index (κ2) is 10.5. The van der Waals surface area contributed by atoms with Gasteiger partial charge in [0, 0.05) is 5.56 Å². The Morgan fingerprint density at radius 1 is 0.676 bits per heavy atom. The molecule has 0 aliphatic heterocycles. The van der Waals surface area contributed by atoms with Gasteiger partial charge in [-0.2, -0.15) is 4.31 Å². The lowest BCUT2D eigenvalue weighted by atomic mass is 9.99. The number of amides is 1. The van der Waals surface area contributed by atoms with Crippen LogP contribution < -0.4 is 4.31 Å². The maximum atomic E-state index is 13.9. The summed E-state index contributed by atoms with van der Waals surface area (Å²) in [6, 6.07) is 32.5. The van der Waals surface area contributed by atoms with E-state index in [2.05, 4.69) is 0 Å². The fourth-order valence-electron chi connectivity index (χ4n) is 3.91. The molecule has 0 saturated carbocycles. The highest BCUT2D eigenvalue weighted by atomic mass is 32.2. The van der Waals surface area contributed by atoms with Crippen molar-refractivity contribution in [2.24, 2.45) is 0 Å². The fourth-order valence-corrected chi connectivity index (χ4v) is 5.34. The number of nitrogens with zero attached hydrogens (tertiary/aromatic N) is 1. The van der Waals surface area contributed by atoms with Gasteiger partial charge in [-0.15, -0.1) is 0 Å². The van der Waals surface area contributed by atoms with E-state index in [1.807, 2.05) is 61.5 Å². The third-order valence-corrected chi connectivity index (χ3v) is 7.54. The number of carbonyl (C=O) groups is 1. The quantitative estimate of drug-likeness (QED) is 0.315. The van der Waals surface area contributed by atoms with Gasteiger partial charge in [-0.3, -0.25) is 4.79 Å². The summed E-state index contributed by atoms with van der Waals surface area (Å²) in [4.78, 5) is 14.0. The normalized spacial score (nSPS) is 11.2. The van der Waals surface area contributed by atoms with Gasteiger partial charge in [-0.05, 0) is 66.3 Å². The first-order valence-electron chi connectivity index (χ1n) is 11.4.